The molecule has 0 bridgehead atoms. The first kappa shape index (κ1) is 15.0. The molecule has 3 atom stereocenters. The van der Waals surface area contributed by atoms with Crippen LogP contribution in [0.2, 0.25) is 0 Å². The number of benzene rings is 1. The second-order valence-electron chi connectivity index (χ2n) is 5.47. The average Bonchev–Trinajstić information content (AvgIpc) is 2.76. The summed E-state index contributed by atoms with van der Waals surface area (Å²) in [4.78, 5) is 14.4. The number of carbonyl (C=O) groups is 1. The van der Waals surface area contributed by atoms with Gasteiger partial charge in [0, 0.05) is 6.04 Å². The maximum absolute atomic E-state index is 13.4. The summed E-state index contributed by atoms with van der Waals surface area (Å²) < 4.78 is 13.4. The van der Waals surface area contributed by atoms with Crippen LogP contribution in [0, 0.1) is 5.82 Å². The van der Waals surface area contributed by atoms with E-state index in [9.17, 15) is 9.18 Å². The summed E-state index contributed by atoms with van der Waals surface area (Å²) in [5, 5.41) is 3.33. The van der Waals surface area contributed by atoms with Crippen LogP contribution in [0.3, 0.4) is 0 Å². The van der Waals surface area contributed by atoms with E-state index < -0.39 is 0 Å². The summed E-state index contributed by atoms with van der Waals surface area (Å²) in [7, 11) is 0. The van der Waals surface area contributed by atoms with Crippen LogP contribution in [0.1, 0.15) is 51.8 Å². The van der Waals surface area contributed by atoms with Crippen LogP contribution >= 0.6 is 0 Å². The molecule has 1 fully saturated rings. The summed E-state index contributed by atoms with van der Waals surface area (Å²) in [6.07, 6.45) is 2.51. The Morgan fingerprint density at radius 3 is 2.75 bits per heavy atom. The first-order valence-corrected chi connectivity index (χ1v) is 7.42. The van der Waals surface area contributed by atoms with E-state index in [1.807, 2.05) is 17.9 Å². The van der Waals surface area contributed by atoms with Gasteiger partial charge in [-0.3, -0.25) is 10.1 Å². The molecule has 1 amide bonds. The van der Waals surface area contributed by atoms with Crippen LogP contribution < -0.4 is 5.32 Å². The van der Waals surface area contributed by atoms with Crippen molar-refractivity contribution in [1.29, 1.82) is 0 Å². The summed E-state index contributed by atoms with van der Waals surface area (Å²) >= 11 is 0. The fraction of sp³-hybridized carbons (Fsp3) is 0.562. The van der Waals surface area contributed by atoms with E-state index >= 15 is 0 Å². The number of hydrogen-bond acceptors (Lipinski definition) is 2. The Labute approximate surface area is 120 Å². The van der Waals surface area contributed by atoms with Gasteiger partial charge in [-0.05, 0) is 37.5 Å². The lowest BCUT2D eigenvalue weighted by atomic mass is 10.1. The molecule has 1 aliphatic rings. The molecule has 1 aromatic carbocycles. The van der Waals surface area contributed by atoms with E-state index in [1.54, 1.807) is 6.07 Å². The quantitative estimate of drug-likeness (QED) is 0.897. The van der Waals surface area contributed by atoms with Gasteiger partial charge in [0.2, 0.25) is 5.91 Å². The van der Waals surface area contributed by atoms with Crippen LogP contribution in [0.15, 0.2) is 24.3 Å². The highest BCUT2D eigenvalue weighted by atomic mass is 19.1. The van der Waals surface area contributed by atoms with Crippen LogP contribution in [0.25, 0.3) is 0 Å². The zero-order valence-electron chi connectivity index (χ0n) is 12.4. The molecule has 20 heavy (non-hydrogen) atoms. The van der Waals surface area contributed by atoms with Crippen molar-refractivity contribution in [3.8, 4) is 0 Å². The van der Waals surface area contributed by atoms with E-state index in [0.29, 0.717) is 0 Å². The first-order valence-electron chi connectivity index (χ1n) is 7.42. The Morgan fingerprint density at radius 1 is 1.40 bits per heavy atom. The number of nitrogens with one attached hydrogen (secondary N) is 1. The van der Waals surface area contributed by atoms with Crippen LogP contribution in [-0.4, -0.2) is 22.9 Å². The van der Waals surface area contributed by atoms with Crippen LogP contribution in [0.5, 0.6) is 0 Å². The second kappa shape index (κ2) is 6.35. The van der Waals surface area contributed by atoms with Gasteiger partial charge < -0.3 is 4.90 Å². The van der Waals surface area contributed by atoms with Gasteiger partial charge in [-0.2, -0.15) is 0 Å². The number of nitrogens with zero attached hydrogens (tertiary/aromatic N) is 1. The third kappa shape index (κ3) is 2.85. The summed E-state index contributed by atoms with van der Waals surface area (Å²) in [6.45, 7) is 6.17. The zero-order valence-corrected chi connectivity index (χ0v) is 12.4. The predicted octanol–water partition coefficient (Wildman–Crippen LogP) is 3.22. The zero-order chi connectivity index (χ0) is 14.7. The van der Waals surface area contributed by atoms with E-state index in [0.717, 1.165) is 24.8 Å². The lowest BCUT2D eigenvalue weighted by molar-refractivity contribution is -0.132. The van der Waals surface area contributed by atoms with E-state index in [-0.39, 0.29) is 30.0 Å². The number of halogens is 1. The standard InChI is InChI=1S/C16H23FN2O/c1-4-7-11(3)19-15(18-14(5-2)16(19)20)12-8-6-9-13(17)10-12/h6,8-11,14-15,18H,4-5,7H2,1-3H3. The van der Waals surface area contributed by atoms with E-state index in [1.165, 1.54) is 12.1 Å². The van der Waals surface area contributed by atoms with Crippen molar-refractivity contribution in [3.63, 3.8) is 0 Å². The molecule has 2 rings (SSSR count). The van der Waals surface area contributed by atoms with Crippen molar-refractivity contribution in [2.24, 2.45) is 0 Å². The molecular formula is C16H23FN2O. The minimum atomic E-state index is -0.264. The van der Waals surface area contributed by atoms with Gasteiger partial charge >= 0.3 is 0 Å². The van der Waals surface area contributed by atoms with Crippen molar-refractivity contribution < 1.29 is 9.18 Å². The summed E-state index contributed by atoms with van der Waals surface area (Å²) in [5.74, 6) is -0.137. The molecule has 1 aromatic rings. The molecule has 0 spiro atoms. The smallest absolute Gasteiger partial charge is 0.241 e. The van der Waals surface area contributed by atoms with Crippen molar-refractivity contribution in [2.75, 3.05) is 0 Å². The highest BCUT2D eigenvalue weighted by Gasteiger charge is 2.40. The van der Waals surface area contributed by atoms with Crippen molar-refractivity contribution >= 4 is 5.91 Å². The number of hydrogen-bond donors (Lipinski definition) is 1. The lowest BCUT2D eigenvalue weighted by Crippen LogP contribution is -2.38. The molecule has 0 aliphatic carbocycles. The molecule has 0 radical (unpaired) electrons. The fourth-order valence-electron chi connectivity index (χ4n) is 2.90. The number of carbonyl (C=O) groups excluding carboxylic acids is 1. The average molecular weight is 278 g/mol. The second-order valence-corrected chi connectivity index (χ2v) is 5.47. The number of amides is 1. The maximum Gasteiger partial charge on any atom is 0.241 e. The fourth-order valence-corrected chi connectivity index (χ4v) is 2.90. The molecule has 110 valence electrons. The summed E-state index contributed by atoms with van der Waals surface area (Å²) in [5.41, 5.74) is 0.817. The Balaban J connectivity index is 2.31. The Morgan fingerprint density at radius 2 is 2.15 bits per heavy atom. The molecule has 1 saturated heterocycles. The molecule has 0 saturated carbocycles. The molecule has 3 unspecified atom stereocenters. The third-order valence-electron chi connectivity index (χ3n) is 3.94. The minimum absolute atomic E-state index is 0.128. The van der Waals surface area contributed by atoms with Crippen molar-refractivity contribution in [3.05, 3.63) is 35.6 Å². The van der Waals surface area contributed by atoms with Gasteiger partial charge in [-0.25, -0.2) is 4.39 Å². The molecular weight excluding hydrogens is 255 g/mol. The highest BCUT2D eigenvalue weighted by molar-refractivity contribution is 5.84. The van der Waals surface area contributed by atoms with Crippen LogP contribution in [0.4, 0.5) is 4.39 Å². The highest BCUT2D eigenvalue weighted by Crippen LogP contribution is 2.30. The van der Waals surface area contributed by atoms with Gasteiger partial charge in [0.25, 0.3) is 0 Å². The lowest BCUT2D eigenvalue weighted by Gasteiger charge is -2.30. The monoisotopic (exact) mass is 278 g/mol. The molecule has 3 nitrogen and oxygen atoms in total. The first-order chi connectivity index (χ1) is 9.58. The Hall–Kier alpha value is -1.42. The van der Waals surface area contributed by atoms with E-state index in [2.05, 4.69) is 19.2 Å². The Bertz CT molecular complexity index is 477. The topological polar surface area (TPSA) is 32.3 Å². The number of rotatable bonds is 5. The van der Waals surface area contributed by atoms with Gasteiger partial charge in [-0.1, -0.05) is 32.4 Å². The predicted molar refractivity (Wildman–Crippen MR) is 77.6 cm³/mol. The molecule has 1 N–H and O–H groups in total. The van der Waals surface area contributed by atoms with Crippen molar-refractivity contribution in [1.82, 2.24) is 10.2 Å². The minimum Gasteiger partial charge on any atom is -0.319 e. The Kier molecular flexibility index (Phi) is 4.76. The molecule has 1 aliphatic heterocycles. The SMILES string of the molecule is CCCC(C)N1C(=O)C(CC)NC1c1cccc(F)c1. The largest absolute Gasteiger partial charge is 0.319 e. The molecule has 0 aromatic heterocycles. The van der Waals surface area contributed by atoms with E-state index in [4.69, 9.17) is 0 Å². The molecule has 1 heterocycles. The van der Waals surface area contributed by atoms with Gasteiger partial charge in [0.1, 0.15) is 12.0 Å². The maximum atomic E-state index is 13.4. The normalized spacial score (nSPS) is 24.2. The van der Waals surface area contributed by atoms with Gasteiger partial charge in [0.05, 0.1) is 6.04 Å². The summed E-state index contributed by atoms with van der Waals surface area (Å²) in [6, 6.07) is 6.50. The van der Waals surface area contributed by atoms with Crippen LogP contribution in [-0.2, 0) is 4.79 Å². The van der Waals surface area contributed by atoms with Gasteiger partial charge in [-0.15, -0.1) is 0 Å². The van der Waals surface area contributed by atoms with Gasteiger partial charge in [0.15, 0.2) is 0 Å². The third-order valence-corrected chi connectivity index (χ3v) is 3.94. The van der Waals surface area contributed by atoms with Crippen molar-refractivity contribution in [2.45, 2.75) is 58.3 Å². The molecule has 4 heteroatoms.